The molecule has 0 radical (unpaired) electrons. The molecule has 0 aromatic rings. The van der Waals surface area contributed by atoms with Gasteiger partial charge in [0, 0.05) is 13.1 Å². The minimum atomic E-state index is -0.862. The van der Waals surface area contributed by atoms with E-state index >= 15 is 0 Å². The number of carbonyl (C=O) groups is 2. The van der Waals surface area contributed by atoms with E-state index in [0.717, 1.165) is 12.8 Å². The molecule has 1 aliphatic carbocycles. The van der Waals surface area contributed by atoms with Crippen LogP contribution in [0, 0.1) is 11.8 Å². The van der Waals surface area contributed by atoms with Crippen LogP contribution < -0.4 is 0 Å². The Morgan fingerprint density at radius 1 is 1.05 bits per heavy atom. The van der Waals surface area contributed by atoms with Crippen molar-refractivity contribution in [2.24, 2.45) is 11.8 Å². The van der Waals surface area contributed by atoms with Crippen LogP contribution in [0.2, 0.25) is 0 Å². The number of morpholine rings is 1. The number of fused-ring (bicyclic) bond motifs is 2. The van der Waals surface area contributed by atoms with E-state index in [1.165, 1.54) is 0 Å². The van der Waals surface area contributed by atoms with Crippen molar-refractivity contribution in [3.63, 3.8) is 0 Å². The molecule has 2 fully saturated rings. The van der Waals surface area contributed by atoms with Gasteiger partial charge in [-0.2, -0.15) is 0 Å². The average molecular weight is 265 g/mol. The summed E-state index contributed by atoms with van der Waals surface area (Å²) in [6, 6.07) is 0. The lowest BCUT2D eigenvalue weighted by Crippen LogP contribution is -2.50. The average Bonchev–Trinajstić information content (AvgIpc) is 2.76. The number of hydrogen-bond acceptors (Lipinski definition) is 3. The minimum absolute atomic E-state index is 0.00282. The topological polar surface area (TPSA) is 66.8 Å². The second kappa shape index (κ2) is 4.96. The largest absolute Gasteiger partial charge is 0.481 e. The van der Waals surface area contributed by atoms with Gasteiger partial charge in [-0.1, -0.05) is 12.2 Å². The third-order valence-electron chi connectivity index (χ3n) is 4.42. The first-order valence-corrected chi connectivity index (χ1v) is 6.97. The summed E-state index contributed by atoms with van der Waals surface area (Å²) in [6.07, 6.45) is 7.15. The molecular weight excluding hydrogens is 246 g/mol. The fourth-order valence-electron chi connectivity index (χ4n) is 3.39. The summed E-state index contributed by atoms with van der Waals surface area (Å²) in [5.41, 5.74) is 0. The number of carboxylic acid groups (broad SMARTS) is 1. The maximum absolute atomic E-state index is 12.6. The molecule has 5 nitrogen and oxygen atoms in total. The molecule has 2 aliphatic heterocycles. The van der Waals surface area contributed by atoms with Crippen molar-refractivity contribution in [2.45, 2.75) is 37.9 Å². The second-order valence-electron chi connectivity index (χ2n) is 5.69. The van der Waals surface area contributed by atoms with Crippen LogP contribution in [0.4, 0.5) is 0 Å². The van der Waals surface area contributed by atoms with E-state index in [9.17, 15) is 14.7 Å². The highest BCUT2D eigenvalue weighted by Crippen LogP contribution is 2.31. The van der Waals surface area contributed by atoms with Crippen LogP contribution in [0.25, 0.3) is 0 Å². The smallest absolute Gasteiger partial charge is 0.307 e. The molecule has 0 spiro atoms. The number of aliphatic carboxylic acids is 1. The van der Waals surface area contributed by atoms with Gasteiger partial charge < -0.3 is 14.7 Å². The maximum atomic E-state index is 12.6. The van der Waals surface area contributed by atoms with Crippen LogP contribution in [0.1, 0.15) is 25.7 Å². The molecule has 2 saturated heterocycles. The molecule has 19 heavy (non-hydrogen) atoms. The predicted molar refractivity (Wildman–Crippen MR) is 67.5 cm³/mol. The van der Waals surface area contributed by atoms with Gasteiger partial charge in [0.2, 0.25) is 5.91 Å². The molecular formula is C14H19NO4. The van der Waals surface area contributed by atoms with Gasteiger partial charge in [-0.05, 0) is 25.7 Å². The number of likely N-dealkylation sites (tertiary alicyclic amines) is 1. The lowest BCUT2D eigenvalue weighted by atomic mass is 9.82. The van der Waals surface area contributed by atoms with Crippen LogP contribution in [0.3, 0.4) is 0 Å². The van der Waals surface area contributed by atoms with E-state index < -0.39 is 17.8 Å². The number of carboxylic acids is 1. The van der Waals surface area contributed by atoms with Crippen LogP contribution in [0.5, 0.6) is 0 Å². The molecule has 0 aromatic carbocycles. The lowest BCUT2D eigenvalue weighted by Gasteiger charge is -2.36. The van der Waals surface area contributed by atoms with E-state index in [-0.39, 0.29) is 18.1 Å². The zero-order valence-electron chi connectivity index (χ0n) is 10.8. The van der Waals surface area contributed by atoms with Gasteiger partial charge >= 0.3 is 5.97 Å². The van der Waals surface area contributed by atoms with E-state index in [0.29, 0.717) is 25.9 Å². The number of amides is 1. The summed E-state index contributed by atoms with van der Waals surface area (Å²) in [7, 11) is 0. The van der Waals surface area contributed by atoms with Gasteiger partial charge in [0.05, 0.1) is 24.0 Å². The van der Waals surface area contributed by atoms with Gasteiger partial charge in [0.1, 0.15) is 0 Å². The van der Waals surface area contributed by atoms with E-state index in [1.54, 1.807) is 0 Å². The Hall–Kier alpha value is -1.36. The first kappa shape index (κ1) is 12.7. The zero-order chi connectivity index (χ0) is 13.4. The molecule has 5 heteroatoms. The van der Waals surface area contributed by atoms with Gasteiger partial charge in [-0.15, -0.1) is 0 Å². The first-order chi connectivity index (χ1) is 9.15. The van der Waals surface area contributed by atoms with Crippen LogP contribution in [-0.2, 0) is 14.3 Å². The number of hydrogen-bond donors (Lipinski definition) is 1. The lowest BCUT2D eigenvalue weighted by molar-refractivity contribution is -0.154. The Balaban J connectivity index is 1.72. The third kappa shape index (κ3) is 2.39. The van der Waals surface area contributed by atoms with Crippen LogP contribution in [-0.4, -0.2) is 47.2 Å². The number of rotatable bonds is 2. The number of ether oxygens (including phenoxy) is 1. The molecule has 0 saturated carbocycles. The van der Waals surface area contributed by atoms with Crippen molar-refractivity contribution < 1.29 is 19.4 Å². The Labute approximate surface area is 112 Å². The molecule has 2 bridgehead atoms. The zero-order valence-corrected chi connectivity index (χ0v) is 10.8. The van der Waals surface area contributed by atoms with Gasteiger partial charge in [-0.3, -0.25) is 9.59 Å². The Bertz CT molecular complexity index is 408. The number of nitrogens with zero attached hydrogens (tertiary/aromatic N) is 1. The minimum Gasteiger partial charge on any atom is -0.481 e. The Kier molecular flexibility index (Phi) is 3.31. The molecule has 4 unspecified atom stereocenters. The SMILES string of the molecule is O=C(O)C1CC=CCC1C(=O)N1CC2CCC(C1)O2. The van der Waals surface area contributed by atoms with E-state index in [4.69, 9.17) is 4.74 Å². The summed E-state index contributed by atoms with van der Waals surface area (Å²) in [4.78, 5) is 25.6. The monoisotopic (exact) mass is 265 g/mol. The van der Waals surface area contributed by atoms with Crippen molar-refractivity contribution in [3.8, 4) is 0 Å². The molecule has 1 amide bonds. The normalized spacial score (nSPS) is 37.4. The highest BCUT2D eigenvalue weighted by molar-refractivity contribution is 5.85. The van der Waals surface area contributed by atoms with Crippen molar-refractivity contribution in [2.75, 3.05) is 13.1 Å². The molecule has 4 atom stereocenters. The summed E-state index contributed by atoms with van der Waals surface area (Å²) in [5, 5.41) is 9.24. The highest BCUT2D eigenvalue weighted by Gasteiger charge is 2.41. The summed E-state index contributed by atoms with van der Waals surface area (Å²) in [5.74, 6) is -1.84. The molecule has 104 valence electrons. The van der Waals surface area contributed by atoms with Gasteiger partial charge in [0.25, 0.3) is 0 Å². The fourth-order valence-corrected chi connectivity index (χ4v) is 3.39. The molecule has 1 N–H and O–H groups in total. The van der Waals surface area contributed by atoms with E-state index in [1.807, 2.05) is 17.1 Å². The molecule has 3 rings (SSSR count). The van der Waals surface area contributed by atoms with E-state index in [2.05, 4.69) is 0 Å². The summed E-state index contributed by atoms with van der Waals surface area (Å²) < 4.78 is 5.72. The number of carbonyl (C=O) groups excluding carboxylic acids is 1. The fraction of sp³-hybridized carbons (Fsp3) is 0.714. The maximum Gasteiger partial charge on any atom is 0.307 e. The van der Waals surface area contributed by atoms with Crippen LogP contribution in [0.15, 0.2) is 12.2 Å². The highest BCUT2D eigenvalue weighted by atomic mass is 16.5. The Morgan fingerprint density at radius 3 is 2.21 bits per heavy atom. The summed E-state index contributed by atoms with van der Waals surface area (Å²) in [6.45, 7) is 1.25. The van der Waals surface area contributed by atoms with Gasteiger partial charge in [-0.25, -0.2) is 0 Å². The standard InChI is InChI=1S/C14H19NO4/c16-13(11-3-1-2-4-12(11)14(17)18)15-7-9-5-6-10(8-15)19-9/h1-2,9-12H,3-8H2,(H,17,18). The molecule has 0 aromatic heterocycles. The summed E-state index contributed by atoms with van der Waals surface area (Å²) >= 11 is 0. The third-order valence-corrected chi connectivity index (χ3v) is 4.42. The second-order valence-corrected chi connectivity index (χ2v) is 5.69. The van der Waals surface area contributed by atoms with Crippen molar-refractivity contribution in [1.82, 2.24) is 4.90 Å². The number of allylic oxidation sites excluding steroid dienone is 2. The van der Waals surface area contributed by atoms with Gasteiger partial charge in [0.15, 0.2) is 0 Å². The van der Waals surface area contributed by atoms with Crippen molar-refractivity contribution in [3.05, 3.63) is 12.2 Å². The molecule has 3 aliphatic rings. The first-order valence-electron chi connectivity index (χ1n) is 6.97. The Morgan fingerprint density at radius 2 is 1.63 bits per heavy atom. The van der Waals surface area contributed by atoms with Crippen molar-refractivity contribution in [1.29, 1.82) is 0 Å². The van der Waals surface area contributed by atoms with Crippen molar-refractivity contribution >= 4 is 11.9 Å². The molecule has 2 heterocycles. The predicted octanol–water partition coefficient (Wildman–Crippen LogP) is 1.04. The quantitative estimate of drug-likeness (QED) is 0.758. The van der Waals surface area contributed by atoms with Crippen LogP contribution >= 0.6 is 0 Å².